The minimum absolute atomic E-state index is 0.0899. The molecule has 2 unspecified atom stereocenters. The van der Waals surface area contributed by atoms with E-state index in [1.165, 1.54) is 13.2 Å². The van der Waals surface area contributed by atoms with E-state index in [0.29, 0.717) is 12.5 Å². The van der Waals surface area contributed by atoms with Crippen molar-refractivity contribution in [1.29, 1.82) is 0 Å². The summed E-state index contributed by atoms with van der Waals surface area (Å²) in [5.74, 6) is -1.12. The molecule has 1 aromatic rings. The summed E-state index contributed by atoms with van der Waals surface area (Å²) in [5, 5.41) is 0. The molecule has 2 aliphatic heterocycles. The van der Waals surface area contributed by atoms with Crippen molar-refractivity contribution in [2.75, 3.05) is 14.2 Å². The van der Waals surface area contributed by atoms with Crippen molar-refractivity contribution in [3.63, 3.8) is 0 Å². The average Bonchev–Trinajstić information content (AvgIpc) is 2.83. The highest BCUT2D eigenvalue weighted by molar-refractivity contribution is 5.87. The summed E-state index contributed by atoms with van der Waals surface area (Å²) < 4.78 is 10.6. The Morgan fingerprint density at radius 3 is 2.67 bits per heavy atom. The van der Waals surface area contributed by atoms with Crippen molar-refractivity contribution in [2.24, 2.45) is 5.92 Å². The average molecular weight is 329 g/mol. The predicted octanol–water partition coefficient (Wildman–Crippen LogP) is 2.27. The van der Waals surface area contributed by atoms with Gasteiger partial charge in [0.1, 0.15) is 12.0 Å². The molecule has 0 radical (unpaired) electrons. The smallest absolute Gasteiger partial charge is 0.331 e. The van der Waals surface area contributed by atoms with Gasteiger partial charge in [0.2, 0.25) is 0 Å². The lowest BCUT2D eigenvalue weighted by Gasteiger charge is -2.40. The lowest BCUT2D eigenvalue weighted by molar-refractivity contribution is -0.165. The molecule has 3 rings (SSSR count). The van der Waals surface area contributed by atoms with E-state index in [2.05, 4.69) is 4.90 Å². The highest BCUT2D eigenvalue weighted by atomic mass is 16.6. The minimum Gasteiger partial charge on any atom is -0.469 e. The molecular formula is C19H23NO4. The van der Waals surface area contributed by atoms with Crippen LogP contribution in [0, 0.1) is 5.92 Å². The van der Waals surface area contributed by atoms with Crippen LogP contribution < -0.4 is 0 Å². The van der Waals surface area contributed by atoms with Gasteiger partial charge in [-0.25, -0.2) is 4.79 Å². The first kappa shape index (κ1) is 16.7. The molecule has 0 saturated carbocycles. The number of fused-ring (bicyclic) bond motifs is 2. The maximum atomic E-state index is 12.2. The number of ether oxygens (including phenoxy) is 2. The van der Waals surface area contributed by atoms with Crippen LogP contribution in [0.25, 0.3) is 6.08 Å². The van der Waals surface area contributed by atoms with Crippen LogP contribution in [0.4, 0.5) is 0 Å². The van der Waals surface area contributed by atoms with Crippen molar-refractivity contribution in [2.45, 2.75) is 37.5 Å². The topological polar surface area (TPSA) is 55.8 Å². The molecule has 0 aromatic heterocycles. The summed E-state index contributed by atoms with van der Waals surface area (Å²) in [6.07, 6.45) is 5.37. The van der Waals surface area contributed by atoms with Gasteiger partial charge >= 0.3 is 11.9 Å². The minimum atomic E-state index is -0.418. The van der Waals surface area contributed by atoms with Crippen LogP contribution in [0.5, 0.6) is 0 Å². The maximum Gasteiger partial charge on any atom is 0.331 e. The van der Waals surface area contributed by atoms with Crippen molar-refractivity contribution in [3.8, 4) is 0 Å². The van der Waals surface area contributed by atoms with Crippen LogP contribution in [-0.2, 0) is 19.1 Å². The highest BCUT2D eigenvalue weighted by Gasteiger charge is 2.50. The molecule has 2 heterocycles. The first-order valence-electron chi connectivity index (χ1n) is 8.33. The van der Waals surface area contributed by atoms with Gasteiger partial charge in [-0.2, -0.15) is 0 Å². The molecule has 2 saturated heterocycles. The van der Waals surface area contributed by atoms with Crippen molar-refractivity contribution < 1.29 is 19.1 Å². The van der Waals surface area contributed by atoms with Gasteiger partial charge in [0, 0.05) is 24.6 Å². The second kappa shape index (κ2) is 7.18. The van der Waals surface area contributed by atoms with Crippen LogP contribution in [0.3, 0.4) is 0 Å². The van der Waals surface area contributed by atoms with E-state index in [4.69, 9.17) is 9.47 Å². The number of hydrogen-bond acceptors (Lipinski definition) is 5. The number of esters is 2. The number of carbonyl (C=O) groups is 2. The lowest BCUT2D eigenvalue weighted by Crippen LogP contribution is -2.53. The molecule has 4 atom stereocenters. The van der Waals surface area contributed by atoms with Crippen LogP contribution in [-0.4, -0.2) is 49.2 Å². The van der Waals surface area contributed by atoms with Crippen molar-refractivity contribution >= 4 is 18.0 Å². The van der Waals surface area contributed by atoms with E-state index < -0.39 is 18.0 Å². The molecule has 2 aliphatic rings. The molecule has 0 amide bonds. The van der Waals surface area contributed by atoms with E-state index >= 15 is 0 Å². The summed E-state index contributed by atoms with van der Waals surface area (Å²) >= 11 is 0. The van der Waals surface area contributed by atoms with E-state index in [9.17, 15) is 9.59 Å². The Morgan fingerprint density at radius 2 is 1.96 bits per heavy atom. The van der Waals surface area contributed by atoms with Gasteiger partial charge in [0.05, 0.1) is 7.11 Å². The van der Waals surface area contributed by atoms with Crippen molar-refractivity contribution in [1.82, 2.24) is 4.90 Å². The number of methoxy groups -OCH3 is 1. The zero-order valence-electron chi connectivity index (χ0n) is 14.1. The van der Waals surface area contributed by atoms with Crippen LogP contribution >= 0.6 is 0 Å². The molecule has 1 aromatic carbocycles. The van der Waals surface area contributed by atoms with Gasteiger partial charge in [-0.15, -0.1) is 0 Å². The fourth-order valence-electron chi connectivity index (χ4n) is 3.90. The second-order valence-electron chi connectivity index (χ2n) is 6.47. The van der Waals surface area contributed by atoms with E-state index in [-0.39, 0.29) is 12.0 Å². The summed E-state index contributed by atoms with van der Waals surface area (Å²) in [5.41, 5.74) is 0.933. The molecule has 0 N–H and O–H groups in total. The summed E-state index contributed by atoms with van der Waals surface area (Å²) in [6.45, 7) is 0. The highest BCUT2D eigenvalue weighted by Crippen LogP contribution is 2.40. The van der Waals surface area contributed by atoms with Gasteiger partial charge in [-0.3, -0.25) is 9.69 Å². The molecule has 2 fully saturated rings. The maximum absolute atomic E-state index is 12.2. The SMILES string of the molecule is COC(=O)C1C2CC[C@H](C[C@@H]1OC(=O)C=Cc1ccccc1)N2C. The molecule has 24 heavy (non-hydrogen) atoms. The second-order valence-corrected chi connectivity index (χ2v) is 6.47. The Labute approximate surface area is 142 Å². The Bertz CT molecular complexity index is 628. The Kier molecular flexibility index (Phi) is 5.00. The third kappa shape index (κ3) is 3.36. The summed E-state index contributed by atoms with van der Waals surface area (Å²) in [7, 11) is 3.42. The third-order valence-corrected chi connectivity index (χ3v) is 5.17. The van der Waals surface area contributed by atoms with Gasteiger partial charge < -0.3 is 9.47 Å². The molecule has 0 spiro atoms. The number of carbonyl (C=O) groups excluding carboxylic acids is 2. The standard InChI is InChI=1S/C19H23NO4/c1-20-14-9-10-15(20)18(19(22)23-2)16(12-14)24-17(21)11-8-13-6-4-3-5-7-13/h3-8,11,14-16,18H,9-10,12H2,1-2H3/t14-,15?,16+,18?/m1/s1. The number of piperidine rings is 1. The molecule has 0 aliphatic carbocycles. The fraction of sp³-hybridized carbons (Fsp3) is 0.474. The third-order valence-electron chi connectivity index (χ3n) is 5.17. The summed E-state index contributed by atoms with van der Waals surface area (Å²) in [6, 6.07) is 10.0. The van der Waals surface area contributed by atoms with Crippen LogP contribution in [0.15, 0.2) is 36.4 Å². The van der Waals surface area contributed by atoms with Crippen LogP contribution in [0.1, 0.15) is 24.8 Å². The number of nitrogens with zero attached hydrogens (tertiary/aromatic N) is 1. The Hall–Kier alpha value is -2.14. The quantitative estimate of drug-likeness (QED) is 0.626. The van der Waals surface area contributed by atoms with Gasteiger partial charge in [-0.05, 0) is 31.5 Å². The van der Waals surface area contributed by atoms with Gasteiger partial charge in [0.25, 0.3) is 0 Å². The molecule has 128 valence electrons. The van der Waals surface area contributed by atoms with Crippen molar-refractivity contribution in [3.05, 3.63) is 42.0 Å². The zero-order valence-corrected chi connectivity index (χ0v) is 14.1. The largest absolute Gasteiger partial charge is 0.469 e. The molecular weight excluding hydrogens is 306 g/mol. The van der Waals surface area contributed by atoms with Gasteiger partial charge in [0.15, 0.2) is 0 Å². The number of rotatable bonds is 4. The fourth-order valence-corrected chi connectivity index (χ4v) is 3.90. The molecule has 5 nitrogen and oxygen atoms in total. The Morgan fingerprint density at radius 1 is 1.21 bits per heavy atom. The van der Waals surface area contributed by atoms with Gasteiger partial charge in [-0.1, -0.05) is 30.3 Å². The van der Waals surface area contributed by atoms with E-state index in [1.54, 1.807) is 6.08 Å². The normalized spacial score (nSPS) is 29.6. The molecule has 2 bridgehead atoms. The number of hydrogen-bond donors (Lipinski definition) is 0. The van der Waals surface area contributed by atoms with E-state index in [1.807, 2.05) is 37.4 Å². The number of benzene rings is 1. The van der Waals surface area contributed by atoms with E-state index in [0.717, 1.165) is 18.4 Å². The lowest BCUT2D eigenvalue weighted by atomic mass is 9.87. The van der Waals surface area contributed by atoms with Crippen LogP contribution in [0.2, 0.25) is 0 Å². The monoisotopic (exact) mass is 329 g/mol. The first-order chi connectivity index (χ1) is 11.6. The zero-order chi connectivity index (χ0) is 17.1. The predicted molar refractivity (Wildman–Crippen MR) is 90.1 cm³/mol. The Balaban J connectivity index is 1.69. The summed E-state index contributed by atoms with van der Waals surface area (Å²) in [4.78, 5) is 26.6. The molecule has 5 heteroatoms. The first-order valence-corrected chi connectivity index (χ1v) is 8.33.